The van der Waals surface area contributed by atoms with Gasteiger partial charge in [-0.1, -0.05) is 32.9 Å². The van der Waals surface area contributed by atoms with E-state index in [9.17, 15) is 0 Å². The predicted molar refractivity (Wildman–Crippen MR) is 257 cm³/mol. The zero-order valence-electron chi connectivity index (χ0n) is 35.6. The van der Waals surface area contributed by atoms with Crippen molar-refractivity contribution < 1.29 is 24.1 Å². The first-order valence-electron chi connectivity index (χ1n) is 21.5. The molecule has 6 nitrogen and oxygen atoms in total. The molecule has 0 fully saturated rings. The fourth-order valence-electron chi connectivity index (χ4n) is 9.09. The van der Waals surface area contributed by atoms with Gasteiger partial charge in [0.2, 0.25) is 0 Å². The molecule has 0 saturated heterocycles. The third-order valence-corrected chi connectivity index (χ3v) is 13.0. The van der Waals surface area contributed by atoms with E-state index in [0.29, 0.717) is 0 Å². The van der Waals surface area contributed by atoms with Crippen LogP contribution >= 0.6 is 0 Å². The zero-order valence-corrected chi connectivity index (χ0v) is 37.9. The van der Waals surface area contributed by atoms with E-state index in [1.165, 1.54) is 5.56 Å². The third-order valence-electron chi connectivity index (χ3n) is 12.0. The maximum absolute atomic E-state index is 6.83. The van der Waals surface area contributed by atoms with Crippen molar-refractivity contribution in [1.29, 1.82) is 0 Å². The Morgan fingerprint density at radius 1 is 0.469 bits per heavy atom. The molecule has 0 saturated carbocycles. The van der Waals surface area contributed by atoms with Gasteiger partial charge in [0.15, 0.2) is 0 Å². The van der Waals surface area contributed by atoms with Crippen molar-refractivity contribution in [2.24, 2.45) is 0 Å². The van der Waals surface area contributed by atoms with Crippen molar-refractivity contribution in [3.05, 3.63) is 216 Å². The molecule has 0 amide bonds. The first kappa shape index (κ1) is 39.4. The number of hydrogen-bond acceptors (Lipinski definition) is 3. The average molecular weight is 1010 g/mol. The molecule has 11 aromatic rings. The van der Waals surface area contributed by atoms with Crippen molar-refractivity contribution in [2.75, 3.05) is 0 Å². The fraction of sp³-hybridized carbons (Fsp3) is 0.0702. The summed E-state index contributed by atoms with van der Waals surface area (Å²) in [5.74, 6) is 2.34. The molecular formula is C57H43N5OPt. The van der Waals surface area contributed by atoms with E-state index in [2.05, 4.69) is 241 Å². The van der Waals surface area contributed by atoms with Crippen LogP contribution in [0.15, 0.2) is 207 Å². The summed E-state index contributed by atoms with van der Waals surface area (Å²) in [6.45, 7) is 6.77. The van der Waals surface area contributed by atoms with Gasteiger partial charge < -0.3 is 0 Å². The van der Waals surface area contributed by atoms with Gasteiger partial charge in [-0.15, -0.1) is 0 Å². The number of rotatable bonds is 8. The van der Waals surface area contributed by atoms with Crippen LogP contribution in [0, 0.1) is 3.80 Å². The van der Waals surface area contributed by atoms with Crippen LogP contribution in [-0.2, 0) is 24.8 Å². The quantitative estimate of drug-likeness (QED) is 0.152. The van der Waals surface area contributed by atoms with Gasteiger partial charge >= 0.3 is 294 Å². The summed E-state index contributed by atoms with van der Waals surface area (Å²) < 4.78 is 14.9. The van der Waals surface area contributed by atoms with Gasteiger partial charge in [-0.2, -0.15) is 0 Å². The molecule has 0 spiro atoms. The molecule has 0 unspecified atom stereocenters. The van der Waals surface area contributed by atoms with E-state index in [-0.39, 0.29) is 5.41 Å². The van der Waals surface area contributed by atoms with Crippen LogP contribution in [0.3, 0.4) is 0 Å². The minimum atomic E-state index is -0.133. The van der Waals surface area contributed by atoms with Crippen LogP contribution in [0.2, 0.25) is 0 Å². The molecule has 4 heterocycles. The second-order valence-corrected chi connectivity index (χ2v) is 18.1. The molecule has 7 heteroatoms. The minimum absolute atomic E-state index is 0.133. The van der Waals surface area contributed by atoms with Gasteiger partial charge in [-0.25, -0.2) is 0 Å². The Bertz CT molecular complexity index is 3530. The molecule has 0 N–H and O–H groups in total. The Morgan fingerprint density at radius 3 is 1.73 bits per heavy atom. The summed E-state index contributed by atoms with van der Waals surface area (Å²) in [5.41, 5.74) is 14.4. The van der Waals surface area contributed by atoms with E-state index in [1.54, 1.807) is 0 Å². The van der Waals surface area contributed by atoms with E-state index in [4.69, 9.17) is 9.72 Å². The van der Waals surface area contributed by atoms with Gasteiger partial charge in [0.05, 0.1) is 0 Å². The number of benzene rings is 7. The Kier molecular flexibility index (Phi) is 9.90. The van der Waals surface area contributed by atoms with Crippen LogP contribution < -0.4 is 4.74 Å². The van der Waals surface area contributed by atoms with Gasteiger partial charge in [-0.05, 0) is 28.7 Å². The van der Waals surface area contributed by atoms with Crippen molar-refractivity contribution in [2.45, 2.75) is 26.2 Å². The molecule has 0 radical (unpaired) electrons. The number of aromatic nitrogens is 5. The number of hydrogen-bond donors (Lipinski definition) is 0. The monoisotopic (exact) mass is 1010 g/mol. The van der Waals surface area contributed by atoms with Gasteiger partial charge in [0, 0.05) is 24.2 Å². The van der Waals surface area contributed by atoms with E-state index in [1.807, 2.05) is 24.7 Å². The van der Waals surface area contributed by atoms with Crippen molar-refractivity contribution in [1.82, 2.24) is 23.7 Å². The fourth-order valence-corrected chi connectivity index (χ4v) is 10.2. The minimum Gasteiger partial charge on any atom is -0.265 e. The van der Waals surface area contributed by atoms with Crippen molar-refractivity contribution in [3.8, 4) is 62.1 Å². The second-order valence-electron chi connectivity index (χ2n) is 17.0. The smallest absolute Gasteiger partial charge is 0.265 e. The number of ether oxygens (including phenoxy) is 1. The number of imidazole rings is 1. The van der Waals surface area contributed by atoms with Gasteiger partial charge in [0.1, 0.15) is 0 Å². The van der Waals surface area contributed by atoms with Crippen molar-refractivity contribution >= 4 is 32.8 Å². The summed E-state index contributed by atoms with van der Waals surface area (Å²) in [6, 6.07) is 66.3. The van der Waals surface area contributed by atoms with Gasteiger partial charge in [-0.3, -0.25) is 4.98 Å². The molecular weight excluding hydrogens is 966 g/mol. The maximum atomic E-state index is 6.83. The van der Waals surface area contributed by atoms with E-state index in [0.717, 1.165) is 98.7 Å². The first-order valence-corrected chi connectivity index (χ1v) is 22.6. The van der Waals surface area contributed by atoms with E-state index < -0.39 is 0 Å². The molecule has 0 aliphatic heterocycles. The molecule has 0 bridgehead atoms. The predicted octanol–water partition coefficient (Wildman–Crippen LogP) is 14.5. The van der Waals surface area contributed by atoms with Crippen LogP contribution in [0.4, 0.5) is 0 Å². The number of pyridine rings is 2. The molecule has 0 aliphatic carbocycles. The summed E-state index contributed by atoms with van der Waals surface area (Å²) in [4.78, 5) is 9.39. The number of fused-ring (bicyclic) bond motifs is 4. The second kappa shape index (κ2) is 16.1. The molecule has 11 rings (SSSR count). The van der Waals surface area contributed by atoms with Crippen LogP contribution in [-0.4, -0.2) is 23.7 Å². The van der Waals surface area contributed by atoms with Crippen molar-refractivity contribution in [3.63, 3.8) is 0 Å². The molecule has 312 valence electrons. The summed E-state index contributed by atoms with van der Waals surface area (Å²) in [6.07, 6.45) is 5.69. The Morgan fingerprint density at radius 2 is 1.05 bits per heavy atom. The zero-order chi connectivity index (χ0) is 43.4. The van der Waals surface area contributed by atoms with Gasteiger partial charge in [0.25, 0.3) is 0 Å². The SMILES string of the molecule is CC(C)(C)c1cc(-n2c3ccccc3c3ccc(Oc4cccc(-n5[c](=[Pt])n(-c6c(-c7ccccc7)cccc6-c6ccccc6)c6ccccc65)c4)cc32)ncc1-c1ccncc1. The number of para-hydroxylation sites is 4. The molecule has 0 atom stereocenters. The molecule has 64 heavy (non-hydrogen) atoms. The Hall–Kier alpha value is -7.40. The summed E-state index contributed by atoms with van der Waals surface area (Å²) in [5, 5.41) is 2.30. The number of nitrogens with zero attached hydrogens (tertiary/aromatic N) is 5. The van der Waals surface area contributed by atoms with Crippen LogP contribution in [0.5, 0.6) is 11.5 Å². The third kappa shape index (κ3) is 6.92. The van der Waals surface area contributed by atoms with Crippen LogP contribution in [0.1, 0.15) is 26.3 Å². The summed E-state index contributed by atoms with van der Waals surface area (Å²) >= 11 is 2.50. The van der Waals surface area contributed by atoms with E-state index >= 15 is 0 Å². The standard InChI is InChI=1S/C57H43N5O.Pt/c1-57(2,3)50-36-55(59-37-49(50)41-30-32-58-33-31-41)62-51-25-11-10-22-47(51)48-29-28-44(35-54(48)62)63-43-21-14-20-42(34-43)60-38-61(53-27-13-12-26-52(53)60)56-45(39-16-6-4-7-17-39)23-15-24-46(56)40-18-8-5-9-19-40;/h4-37H,1-3H3;. The topological polar surface area (TPSA) is 49.8 Å². The Labute approximate surface area is 382 Å². The molecule has 4 aromatic heterocycles. The Balaban J connectivity index is 1.03. The van der Waals surface area contributed by atoms with Crippen LogP contribution in [0.25, 0.3) is 83.4 Å². The normalized spacial score (nSPS) is 11.8. The summed E-state index contributed by atoms with van der Waals surface area (Å²) in [7, 11) is 0. The molecule has 0 aliphatic rings. The first-order chi connectivity index (χ1) is 31.3. The molecule has 7 aromatic carbocycles. The average Bonchev–Trinajstić information content (AvgIpc) is 3.82.